The second-order valence-electron chi connectivity index (χ2n) is 12.5. The molecule has 7 rings (SSSR count). The summed E-state index contributed by atoms with van der Waals surface area (Å²) < 4.78 is 0. The van der Waals surface area contributed by atoms with Crippen molar-refractivity contribution in [1.29, 1.82) is 0 Å². The minimum Gasteiger partial charge on any atom is -0.373 e. The Hall–Kier alpha value is -5.65. The van der Waals surface area contributed by atoms with E-state index in [0.29, 0.717) is 29.4 Å². The van der Waals surface area contributed by atoms with Crippen molar-refractivity contribution < 1.29 is 9.59 Å². The highest BCUT2D eigenvalue weighted by atomic mass is 32.1. The second kappa shape index (κ2) is 20.3. The number of nitrogens with one attached hydrogen (secondary N) is 3. The second-order valence-corrected chi connectivity index (χ2v) is 15.4. The number of benzene rings is 2. The molecule has 5 N–H and O–H groups in total. The van der Waals surface area contributed by atoms with Crippen LogP contribution in [0.2, 0.25) is 0 Å². The van der Waals surface area contributed by atoms with Crippen molar-refractivity contribution in [1.82, 2.24) is 40.7 Å². The quantitative estimate of drug-likeness (QED) is 0.0849. The maximum Gasteiger partial charge on any atom is 0.156 e. The average Bonchev–Trinajstić information content (AvgIpc) is 4.04. The largest absolute Gasteiger partial charge is 0.373 e. The molecular formula is C40H41N11O2S3. The maximum atomic E-state index is 13.2. The summed E-state index contributed by atoms with van der Waals surface area (Å²) in [6.07, 6.45) is 5.03. The van der Waals surface area contributed by atoms with Crippen molar-refractivity contribution in [3.63, 3.8) is 0 Å². The van der Waals surface area contributed by atoms with Crippen LogP contribution in [0.25, 0.3) is 21.1 Å². The molecule has 56 heavy (non-hydrogen) atoms. The molecule has 0 spiro atoms. The van der Waals surface area contributed by atoms with Gasteiger partial charge in [0.15, 0.2) is 11.6 Å². The third kappa shape index (κ3) is 11.7. The molecule has 0 aliphatic heterocycles. The number of thiazole rings is 1. The van der Waals surface area contributed by atoms with Crippen LogP contribution >= 0.6 is 34.0 Å². The lowest BCUT2D eigenvalue weighted by Crippen LogP contribution is -2.39. The van der Waals surface area contributed by atoms with E-state index < -0.39 is 6.04 Å². The fourth-order valence-electron chi connectivity index (χ4n) is 5.52. The van der Waals surface area contributed by atoms with Gasteiger partial charge in [0.05, 0.1) is 36.1 Å². The molecule has 0 amide bonds. The van der Waals surface area contributed by atoms with Crippen molar-refractivity contribution in [2.24, 2.45) is 5.73 Å². The average molecular weight is 804 g/mol. The van der Waals surface area contributed by atoms with Crippen LogP contribution in [0.15, 0.2) is 108 Å². The Morgan fingerprint density at radius 1 is 0.679 bits per heavy atom. The molecule has 2 atom stereocenters. The number of rotatable bonds is 17. The van der Waals surface area contributed by atoms with Gasteiger partial charge in [0.25, 0.3) is 0 Å². The van der Waals surface area contributed by atoms with Crippen molar-refractivity contribution in [3.8, 4) is 21.1 Å². The molecule has 0 saturated carbocycles. The number of carbonyl (C=O) groups excluding carboxylic acids is 2. The SMILES string of the molecule is CNc1cc(-c2nnc(CC(=O)[C@@H](N)Cc3ccccc3)s2)ccn1.CNc1cc(-c2nnc(CC(=O)[C@H](Cc3ccccc3)NCc3cscn3)s2)ccn1. The van der Waals surface area contributed by atoms with Crippen LogP contribution in [-0.2, 0) is 41.8 Å². The highest BCUT2D eigenvalue weighted by Crippen LogP contribution is 2.26. The lowest BCUT2D eigenvalue weighted by molar-refractivity contribution is -0.120. The number of hydrogen-bond acceptors (Lipinski definition) is 16. The van der Waals surface area contributed by atoms with Gasteiger partial charge < -0.3 is 21.7 Å². The molecule has 2 aromatic carbocycles. The van der Waals surface area contributed by atoms with Gasteiger partial charge in [0.1, 0.15) is 31.7 Å². The number of hydrogen-bond donors (Lipinski definition) is 4. The molecule has 0 aliphatic carbocycles. The lowest BCUT2D eigenvalue weighted by Gasteiger charge is -2.17. The molecule has 13 nitrogen and oxygen atoms in total. The van der Waals surface area contributed by atoms with Gasteiger partial charge in [-0.3, -0.25) is 9.59 Å². The van der Waals surface area contributed by atoms with E-state index in [-0.39, 0.29) is 30.4 Å². The Morgan fingerprint density at radius 3 is 1.73 bits per heavy atom. The minimum atomic E-state index is -0.536. The third-order valence-electron chi connectivity index (χ3n) is 8.51. The van der Waals surface area contributed by atoms with Crippen LogP contribution in [0.3, 0.4) is 0 Å². The van der Waals surface area contributed by atoms with Crippen LogP contribution in [0, 0.1) is 0 Å². The lowest BCUT2D eigenvalue weighted by atomic mass is 10.0. The van der Waals surface area contributed by atoms with Gasteiger partial charge >= 0.3 is 0 Å². The normalized spacial score (nSPS) is 11.9. The Bertz CT molecular complexity index is 2280. The molecule has 5 heterocycles. The molecule has 0 unspecified atom stereocenters. The monoisotopic (exact) mass is 803 g/mol. The van der Waals surface area contributed by atoms with Gasteiger partial charge in [-0.25, -0.2) is 15.0 Å². The van der Waals surface area contributed by atoms with E-state index in [0.717, 1.165) is 49.6 Å². The molecular weight excluding hydrogens is 763 g/mol. The van der Waals surface area contributed by atoms with E-state index in [2.05, 4.69) is 51.3 Å². The molecule has 5 aromatic heterocycles. The Labute approximate surface area is 337 Å². The fourth-order valence-corrected chi connectivity index (χ4v) is 7.77. The number of Topliss-reactive ketones (excluding diaryl/α,β-unsaturated/α-hetero) is 2. The topological polar surface area (TPSA) is 186 Å². The third-order valence-corrected chi connectivity index (χ3v) is 11.1. The van der Waals surface area contributed by atoms with Gasteiger partial charge in [0, 0.05) is 49.5 Å². The van der Waals surface area contributed by atoms with Crippen LogP contribution in [0.1, 0.15) is 26.8 Å². The van der Waals surface area contributed by atoms with Crippen molar-refractivity contribution >= 4 is 57.2 Å². The predicted molar refractivity (Wildman–Crippen MR) is 224 cm³/mol. The first-order valence-corrected chi connectivity index (χ1v) is 20.4. The molecule has 0 saturated heterocycles. The van der Waals surface area contributed by atoms with Gasteiger partial charge in [-0.15, -0.1) is 31.7 Å². The van der Waals surface area contributed by atoms with E-state index in [1.807, 2.05) is 104 Å². The summed E-state index contributed by atoms with van der Waals surface area (Å²) in [6, 6.07) is 26.5. The molecule has 0 radical (unpaired) electrons. The van der Waals surface area contributed by atoms with Gasteiger partial charge in [0.2, 0.25) is 0 Å². The molecule has 0 aliphatic rings. The van der Waals surface area contributed by atoms with Crippen molar-refractivity contribution in [2.75, 3.05) is 24.7 Å². The minimum absolute atomic E-state index is 0.0304. The predicted octanol–water partition coefficient (Wildman–Crippen LogP) is 5.93. The van der Waals surface area contributed by atoms with Crippen LogP contribution < -0.4 is 21.7 Å². The number of carbonyl (C=O) groups is 2. The number of aromatic nitrogens is 7. The first-order chi connectivity index (χ1) is 27.4. The fraction of sp³-hybridized carbons (Fsp3) is 0.225. The van der Waals surface area contributed by atoms with Crippen molar-refractivity contribution in [3.05, 3.63) is 135 Å². The van der Waals surface area contributed by atoms with Gasteiger partial charge in [-0.2, -0.15) is 0 Å². The van der Waals surface area contributed by atoms with E-state index in [1.165, 1.54) is 22.7 Å². The van der Waals surface area contributed by atoms with E-state index in [9.17, 15) is 9.59 Å². The van der Waals surface area contributed by atoms with Crippen LogP contribution in [0.5, 0.6) is 0 Å². The summed E-state index contributed by atoms with van der Waals surface area (Å²) >= 11 is 4.39. The summed E-state index contributed by atoms with van der Waals surface area (Å²) in [4.78, 5) is 38.2. The van der Waals surface area contributed by atoms with Crippen LogP contribution in [-0.4, -0.2) is 73.1 Å². The number of nitrogens with two attached hydrogens (primary N) is 1. The Kier molecular flexibility index (Phi) is 14.5. The molecule has 286 valence electrons. The first kappa shape index (κ1) is 40.0. The summed E-state index contributed by atoms with van der Waals surface area (Å²) in [5.74, 6) is 1.58. The summed E-state index contributed by atoms with van der Waals surface area (Å²) in [7, 11) is 3.63. The zero-order chi connectivity index (χ0) is 39.1. The van der Waals surface area contributed by atoms with E-state index in [4.69, 9.17) is 5.73 Å². The Balaban J connectivity index is 0.000000194. The molecule has 0 bridgehead atoms. The summed E-state index contributed by atoms with van der Waals surface area (Å²) in [5.41, 5.74) is 12.8. The molecule has 16 heteroatoms. The summed E-state index contributed by atoms with van der Waals surface area (Å²) in [5, 5.41) is 31.1. The van der Waals surface area contributed by atoms with Crippen molar-refractivity contribution in [2.45, 2.75) is 44.3 Å². The zero-order valence-electron chi connectivity index (χ0n) is 30.8. The van der Waals surface area contributed by atoms with Gasteiger partial charge in [-0.05, 0) is 48.2 Å². The van der Waals surface area contributed by atoms with E-state index in [1.54, 1.807) is 29.2 Å². The number of ketones is 2. The standard InChI is InChI=1S/C22H22N6OS2.C18H19N5OS/c1-23-20-10-16(7-8-24-20)22-28-27-21(31-22)11-19(29)18(9-15-5-3-2-4-6-15)25-12-17-13-30-14-26-17;1-20-16-10-13(7-8-21-16)18-23-22-17(25-18)11-15(24)14(19)9-12-5-3-2-4-6-12/h2-8,10,13-14,18,25H,9,11-12H2,1H3,(H,23,24);2-8,10,14H,9,11,19H2,1H3,(H,20,21)/t18-;14-/m00/s1. The summed E-state index contributed by atoms with van der Waals surface area (Å²) in [6.45, 7) is 0.553. The maximum absolute atomic E-state index is 13.2. The number of pyridine rings is 2. The Morgan fingerprint density at radius 2 is 1.21 bits per heavy atom. The first-order valence-electron chi connectivity index (χ1n) is 17.8. The highest BCUT2D eigenvalue weighted by molar-refractivity contribution is 7.15. The number of anilines is 2. The zero-order valence-corrected chi connectivity index (χ0v) is 33.3. The molecule has 0 fully saturated rings. The van der Waals surface area contributed by atoms with E-state index >= 15 is 0 Å². The van der Waals surface area contributed by atoms with Crippen LogP contribution in [0.4, 0.5) is 11.6 Å². The highest BCUT2D eigenvalue weighted by Gasteiger charge is 2.22. The number of nitrogens with zero attached hydrogens (tertiary/aromatic N) is 7. The molecule has 7 aromatic rings. The van der Waals surface area contributed by atoms with Gasteiger partial charge in [-0.1, -0.05) is 83.3 Å². The smallest absolute Gasteiger partial charge is 0.156 e.